The van der Waals surface area contributed by atoms with Crippen molar-refractivity contribution in [2.24, 2.45) is 0 Å². The van der Waals surface area contributed by atoms with Gasteiger partial charge in [-0.25, -0.2) is 9.18 Å². The fraction of sp³-hybridized carbons (Fsp3) is 0.136. The summed E-state index contributed by atoms with van der Waals surface area (Å²) in [7, 11) is 1.51. The van der Waals surface area contributed by atoms with E-state index < -0.39 is 11.8 Å². The molecule has 0 aliphatic heterocycles. The summed E-state index contributed by atoms with van der Waals surface area (Å²) >= 11 is 0. The van der Waals surface area contributed by atoms with E-state index in [0.717, 1.165) is 0 Å². The monoisotopic (exact) mass is 368 g/mol. The van der Waals surface area contributed by atoms with Crippen LogP contribution in [0.4, 0.5) is 4.39 Å². The number of allylic oxidation sites excluding steroid dienone is 1. The predicted molar refractivity (Wildman–Crippen MR) is 103 cm³/mol. The Labute approximate surface area is 158 Å². The molecule has 0 heterocycles. The van der Waals surface area contributed by atoms with E-state index >= 15 is 0 Å². The van der Waals surface area contributed by atoms with Crippen LogP contribution in [0, 0.1) is 5.82 Å². The van der Waals surface area contributed by atoms with Gasteiger partial charge in [-0.15, -0.1) is 0 Å². The number of esters is 1. The van der Waals surface area contributed by atoms with Crippen molar-refractivity contribution in [2.45, 2.75) is 13.8 Å². The number of benzene rings is 2. The molecule has 0 amide bonds. The van der Waals surface area contributed by atoms with Gasteiger partial charge in [0.1, 0.15) is 17.3 Å². The molecule has 2 aromatic rings. The lowest BCUT2D eigenvalue weighted by Gasteiger charge is -2.14. The molecule has 140 valence electrons. The van der Waals surface area contributed by atoms with Gasteiger partial charge in [-0.2, -0.15) is 0 Å². The topological polar surface area (TPSA) is 44.8 Å². The number of carbonyl (C=O) groups excluding carboxylic acids is 1. The van der Waals surface area contributed by atoms with E-state index in [1.54, 1.807) is 31.2 Å². The van der Waals surface area contributed by atoms with Crippen LogP contribution in [0.25, 0.3) is 11.1 Å². The van der Waals surface area contributed by atoms with Crippen LogP contribution in [-0.2, 0) is 4.79 Å². The summed E-state index contributed by atoms with van der Waals surface area (Å²) in [5.41, 5.74) is 2.11. The fourth-order valence-corrected chi connectivity index (χ4v) is 2.14. The quantitative estimate of drug-likeness (QED) is 0.214. The first-order valence-corrected chi connectivity index (χ1v) is 8.11. The normalized spacial score (nSPS) is 10.1. The van der Waals surface area contributed by atoms with Gasteiger partial charge >= 0.3 is 5.97 Å². The minimum atomic E-state index is -0.682. The van der Waals surface area contributed by atoms with E-state index in [1.807, 2.05) is 0 Å². The predicted octanol–water partition coefficient (Wildman–Crippen LogP) is 5.45. The summed E-state index contributed by atoms with van der Waals surface area (Å²) in [6, 6.07) is 9.43. The highest BCUT2D eigenvalue weighted by molar-refractivity contribution is 5.89. The van der Waals surface area contributed by atoms with Crippen LogP contribution < -0.4 is 14.2 Å². The lowest BCUT2D eigenvalue weighted by atomic mass is 10.0. The molecule has 4 nitrogen and oxygen atoms in total. The molecular weight excluding hydrogens is 347 g/mol. The molecule has 2 rings (SSSR count). The van der Waals surface area contributed by atoms with Crippen LogP contribution >= 0.6 is 0 Å². The van der Waals surface area contributed by atoms with Gasteiger partial charge in [0.2, 0.25) is 0 Å². The number of methoxy groups -OCH3 is 1. The van der Waals surface area contributed by atoms with Crippen molar-refractivity contribution in [1.29, 1.82) is 0 Å². The minimum absolute atomic E-state index is 0.163. The van der Waals surface area contributed by atoms with E-state index in [4.69, 9.17) is 14.2 Å². The molecule has 0 unspecified atom stereocenters. The lowest BCUT2D eigenvalue weighted by Crippen LogP contribution is -2.09. The molecule has 0 bridgehead atoms. The van der Waals surface area contributed by atoms with Crippen molar-refractivity contribution in [1.82, 2.24) is 0 Å². The van der Waals surface area contributed by atoms with Crippen LogP contribution in [0.1, 0.15) is 13.8 Å². The second-order valence-corrected chi connectivity index (χ2v) is 5.98. The van der Waals surface area contributed by atoms with E-state index in [9.17, 15) is 9.18 Å². The van der Waals surface area contributed by atoms with Gasteiger partial charge in [0, 0.05) is 17.2 Å². The zero-order valence-corrected chi connectivity index (χ0v) is 15.6. The van der Waals surface area contributed by atoms with E-state index in [2.05, 4.69) is 19.7 Å². The Balaban J connectivity index is 2.33. The van der Waals surface area contributed by atoms with Crippen LogP contribution in [-0.4, -0.2) is 13.1 Å². The number of carbonyl (C=O) groups is 1. The second kappa shape index (κ2) is 8.36. The molecule has 0 radical (unpaired) electrons. The second-order valence-electron chi connectivity index (χ2n) is 5.98. The third kappa shape index (κ3) is 4.85. The SMILES string of the molecule is C=C(C)C(=C)Oc1ccc(-c2ccc(OC(=O)C(=C)C)c(F)c2)c(OC)c1. The highest BCUT2D eigenvalue weighted by Crippen LogP contribution is 2.35. The Morgan fingerprint density at radius 3 is 2.19 bits per heavy atom. The van der Waals surface area contributed by atoms with Gasteiger partial charge in [-0.3, -0.25) is 0 Å². The number of rotatable bonds is 7. The van der Waals surface area contributed by atoms with Crippen molar-refractivity contribution in [3.8, 4) is 28.4 Å². The molecule has 0 atom stereocenters. The lowest BCUT2D eigenvalue weighted by molar-refractivity contribution is -0.130. The summed E-state index contributed by atoms with van der Waals surface area (Å²) < 4.78 is 30.3. The third-order valence-electron chi connectivity index (χ3n) is 3.68. The van der Waals surface area contributed by atoms with Gasteiger partial charge in [-0.05, 0) is 49.2 Å². The standard InChI is InChI=1S/C22H21FO4/c1-13(2)15(5)26-17-8-9-18(21(12-17)25-6)16-7-10-20(19(23)11-16)27-22(24)14(3)4/h7-12H,1,3,5H2,2,4,6H3. The number of hydrogen-bond donors (Lipinski definition) is 0. The van der Waals surface area contributed by atoms with Crippen LogP contribution in [0.3, 0.4) is 0 Å². The molecule has 27 heavy (non-hydrogen) atoms. The molecule has 0 spiro atoms. The van der Waals surface area contributed by atoms with Gasteiger partial charge in [0.25, 0.3) is 0 Å². The summed E-state index contributed by atoms with van der Waals surface area (Å²) in [6.45, 7) is 14.3. The van der Waals surface area contributed by atoms with Gasteiger partial charge in [0.15, 0.2) is 11.6 Å². The molecule has 0 saturated heterocycles. The molecule has 0 aliphatic rings. The van der Waals surface area contributed by atoms with Gasteiger partial charge in [-0.1, -0.05) is 25.8 Å². The average Bonchev–Trinajstić information content (AvgIpc) is 2.62. The molecule has 5 heteroatoms. The number of halogens is 1. The fourth-order valence-electron chi connectivity index (χ4n) is 2.14. The number of ether oxygens (including phenoxy) is 3. The summed E-state index contributed by atoms with van der Waals surface area (Å²) in [5, 5.41) is 0. The maximum atomic E-state index is 14.3. The Bertz CT molecular complexity index is 928. The smallest absolute Gasteiger partial charge is 0.338 e. The Morgan fingerprint density at radius 2 is 1.63 bits per heavy atom. The van der Waals surface area contributed by atoms with Crippen LogP contribution in [0.2, 0.25) is 0 Å². The largest absolute Gasteiger partial charge is 0.496 e. The summed E-state index contributed by atoms with van der Waals surface area (Å²) in [4.78, 5) is 11.6. The molecule has 0 saturated carbocycles. The first kappa shape index (κ1) is 20.0. The van der Waals surface area contributed by atoms with E-state index in [0.29, 0.717) is 34.0 Å². The summed E-state index contributed by atoms with van der Waals surface area (Å²) in [5.74, 6) is -0.0502. The Morgan fingerprint density at radius 1 is 0.926 bits per heavy atom. The molecule has 2 aromatic carbocycles. The molecule has 0 aliphatic carbocycles. The highest BCUT2D eigenvalue weighted by atomic mass is 19.1. The van der Waals surface area contributed by atoms with E-state index in [1.165, 1.54) is 26.2 Å². The van der Waals surface area contributed by atoms with E-state index in [-0.39, 0.29) is 11.3 Å². The first-order chi connectivity index (χ1) is 12.7. The summed E-state index contributed by atoms with van der Waals surface area (Å²) in [6.07, 6.45) is 0. The minimum Gasteiger partial charge on any atom is -0.496 e. The zero-order chi connectivity index (χ0) is 20.1. The molecule has 0 fully saturated rings. The van der Waals surface area contributed by atoms with Gasteiger partial charge in [0.05, 0.1) is 7.11 Å². The Kier molecular flexibility index (Phi) is 6.19. The third-order valence-corrected chi connectivity index (χ3v) is 3.68. The maximum absolute atomic E-state index is 14.3. The van der Waals surface area contributed by atoms with Crippen molar-refractivity contribution in [3.05, 3.63) is 78.9 Å². The zero-order valence-electron chi connectivity index (χ0n) is 15.6. The van der Waals surface area contributed by atoms with Crippen molar-refractivity contribution in [2.75, 3.05) is 7.11 Å². The molecular formula is C22H21FO4. The van der Waals surface area contributed by atoms with Crippen molar-refractivity contribution < 1.29 is 23.4 Å². The van der Waals surface area contributed by atoms with Crippen LogP contribution in [0.15, 0.2) is 73.0 Å². The van der Waals surface area contributed by atoms with Crippen molar-refractivity contribution in [3.63, 3.8) is 0 Å². The van der Waals surface area contributed by atoms with Gasteiger partial charge < -0.3 is 14.2 Å². The molecule has 0 N–H and O–H groups in total. The first-order valence-electron chi connectivity index (χ1n) is 8.11. The molecule has 0 aromatic heterocycles. The number of hydrogen-bond acceptors (Lipinski definition) is 4. The maximum Gasteiger partial charge on any atom is 0.338 e. The van der Waals surface area contributed by atoms with Crippen molar-refractivity contribution >= 4 is 5.97 Å². The highest BCUT2D eigenvalue weighted by Gasteiger charge is 2.14. The average molecular weight is 368 g/mol. The Hall–Kier alpha value is -3.34. The van der Waals surface area contributed by atoms with Crippen LogP contribution in [0.5, 0.6) is 17.2 Å².